The van der Waals surface area contributed by atoms with Crippen LogP contribution in [0.15, 0.2) is 68.9 Å². The van der Waals surface area contributed by atoms with Gasteiger partial charge in [-0.15, -0.1) is 5.10 Å². The molecule has 180 valence electrons. The average Bonchev–Trinajstić information content (AvgIpc) is 2.82. The van der Waals surface area contributed by atoms with Crippen molar-refractivity contribution in [2.75, 3.05) is 5.32 Å². The lowest BCUT2D eigenvalue weighted by molar-refractivity contribution is 0.586. The minimum atomic E-state index is -0.586. The number of benzene rings is 3. The lowest BCUT2D eigenvalue weighted by Gasteiger charge is -2.21. The Hall–Kier alpha value is -4.24. The molecular weight excluding hydrogens is 452 g/mol. The van der Waals surface area contributed by atoms with Crippen LogP contribution in [0.3, 0.4) is 0 Å². The van der Waals surface area contributed by atoms with Gasteiger partial charge in [0.25, 0.3) is 0 Å². The lowest BCUT2D eigenvalue weighted by atomic mass is 9.98. The van der Waals surface area contributed by atoms with Crippen molar-refractivity contribution in [2.24, 2.45) is 16.7 Å². The maximum atomic E-state index is 14.6. The van der Waals surface area contributed by atoms with Gasteiger partial charge in [0.2, 0.25) is 0 Å². The Bertz CT molecular complexity index is 1510. The van der Waals surface area contributed by atoms with E-state index in [0.717, 1.165) is 5.56 Å². The summed E-state index contributed by atoms with van der Waals surface area (Å²) >= 11 is 0. The van der Waals surface area contributed by atoms with Crippen LogP contribution in [0.5, 0.6) is 0 Å². The number of hydrogen-bond donors (Lipinski definition) is 4. The van der Waals surface area contributed by atoms with Gasteiger partial charge in [0.05, 0.1) is 22.6 Å². The highest BCUT2D eigenvalue weighted by molar-refractivity contribution is 6.02. The van der Waals surface area contributed by atoms with Gasteiger partial charge in [-0.05, 0) is 56.7 Å². The van der Waals surface area contributed by atoms with Gasteiger partial charge in [0.1, 0.15) is 23.0 Å². The normalized spacial score (nSPS) is 12.6. The summed E-state index contributed by atoms with van der Waals surface area (Å²) in [6.07, 6.45) is 0. The Morgan fingerprint density at radius 3 is 2.49 bits per heavy atom. The minimum Gasteiger partial charge on any atom is -0.455 e. The second-order valence-electron chi connectivity index (χ2n) is 8.25. The van der Waals surface area contributed by atoms with Crippen molar-refractivity contribution in [3.8, 4) is 11.3 Å². The summed E-state index contributed by atoms with van der Waals surface area (Å²) in [4.78, 5) is 13.3. The Morgan fingerprint density at radius 1 is 1.06 bits per heavy atom. The van der Waals surface area contributed by atoms with Gasteiger partial charge in [-0.2, -0.15) is 0 Å². The molecule has 9 heteroatoms. The number of fused-ring (bicyclic) bond motifs is 1. The van der Waals surface area contributed by atoms with Gasteiger partial charge < -0.3 is 15.5 Å². The number of hydrazone groups is 1. The van der Waals surface area contributed by atoms with Gasteiger partial charge in [0, 0.05) is 16.8 Å². The fourth-order valence-electron chi connectivity index (χ4n) is 4.13. The highest BCUT2D eigenvalue weighted by Gasteiger charge is 2.21. The van der Waals surface area contributed by atoms with Crippen LogP contribution in [0.25, 0.3) is 22.3 Å². The smallest absolute Gasteiger partial charge is 0.196 e. The molecule has 0 spiro atoms. The molecule has 3 aromatic carbocycles. The van der Waals surface area contributed by atoms with E-state index in [2.05, 4.69) is 16.0 Å². The number of amidine groups is 1. The predicted octanol–water partition coefficient (Wildman–Crippen LogP) is 4.61. The highest BCUT2D eigenvalue weighted by atomic mass is 19.1. The van der Waals surface area contributed by atoms with E-state index >= 15 is 0 Å². The van der Waals surface area contributed by atoms with Crippen molar-refractivity contribution < 1.29 is 13.2 Å². The number of hydrazine groups is 1. The van der Waals surface area contributed by atoms with Gasteiger partial charge in [-0.3, -0.25) is 4.79 Å². The topological polar surface area (TPSA) is 119 Å². The van der Waals surface area contributed by atoms with Crippen LogP contribution in [0, 0.1) is 25.5 Å². The summed E-state index contributed by atoms with van der Waals surface area (Å²) in [5.41, 5.74) is 10.4. The summed E-state index contributed by atoms with van der Waals surface area (Å²) in [6.45, 7) is 5.31. The van der Waals surface area contributed by atoms with Gasteiger partial charge in [0.15, 0.2) is 11.3 Å². The van der Waals surface area contributed by atoms with Gasteiger partial charge >= 0.3 is 0 Å². The summed E-state index contributed by atoms with van der Waals surface area (Å²) in [5, 5.41) is 7.28. The molecule has 0 amide bonds. The summed E-state index contributed by atoms with van der Waals surface area (Å²) in [7, 11) is 0. The van der Waals surface area contributed by atoms with Crippen molar-refractivity contribution in [3.05, 3.63) is 98.7 Å². The van der Waals surface area contributed by atoms with Crippen molar-refractivity contribution in [1.82, 2.24) is 5.53 Å². The number of hydrogen-bond acceptors (Lipinski definition) is 6. The first-order valence-corrected chi connectivity index (χ1v) is 10.9. The van der Waals surface area contributed by atoms with Crippen LogP contribution < -0.4 is 27.9 Å². The molecule has 6 N–H and O–H groups in total. The molecule has 35 heavy (non-hydrogen) atoms. The van der Waals surface area contributed by atoms with Crippen molar-refractivity contribution in [3.63, 3.8) is 0 Å². The first-order chi connectivity index (χ1) is 16.7. The summed E-state index contributed by atoms with van der Waals surface area (Å²) in [5.74, 6) is 4.15. The van der Waals surface area contributed by atoms with Crippen LogP contribution >= 0.6 is 0 Å². The third-order valence-corrected chi connectivity index (χ3v) is 5.80. The molecule has 0 fully saturated rings. The third kappa shape index (κ3) is 4.45. The number of aryl methyl sites for hydroxylation is 1. The molecule has 1 aromatic heterocycles. The first kappa shape index (κ1) is 23.9. The Kier molecular flexibility index (Phi) is 6.52. The van der Waals surface area contributed by atoms with Crippen molar-refractivity contribution in [2.45, 2.75) is 26.8 Å². The summed E-state index contributed by atoms with van der Waals surface area (Å²) in [6, 6.07) is 13.7. The minimum absolute atomic E-state index is 0.0404. The largest absolute Gasteiger partial charge is 0.455 e. The molecule has 0 aliphatic heterocycles. The molecule has 0 aliphatic rings. The van der Waals surface area contributed by atoms with Crippen LogP contribution in [0.4, 0.5) is 14.5 Å². The molecule has 4 aromatic rings. The second kappa shape index (κ2) is 9.55. The maximum Gasteiger partial charge on any atom is 0.196 e. The Morgan fingerprint density at radius 2 is 1.77 bits per heavy atom. The van der Waals surface area contributed by atoms with Crippen LogP contribution in [-0.4, -0.2) is 5.84 Å². The van der Waals surface area contributed by atoms with E-state index in [4.69, 9.17) is 16.0 Å². The predicted molar refractivity (Wildman–Crippen MR) is 134 cm³/mol. The molecule has 1 atom stereocenters. The van der Waals surface area contributed by atoms with E-state index in [9.17, 15) is 13.6 Å². The van der Waals surface area contributed by atoms with E-state index in [1.165, 1.54) is 18.2 Å². The monoisotopic (exact) mass is 477 g/mol. The lowest BCUT2D eigenvalue weighted by Crippen LogP contribution is -2.25. The number of nitrogens with two attached hydrogens (primary N) is 2. The molecule has 0 saturated heterocycles. The highest BCUT2D eigenvalue weighted by Crippen LogP contribution is 2.33. The van der Waals surface area contributed by atoms with Crippen molar-refractivity contribution >= 4 is 22.5 Å². The standard InChI is InChI=1S/C26H25F2N5O2/c1-13-11-17(15(3)31-21-10-6-9-20(28)22(21)26(29)32-33-30)25-18(12-13)23(34)14(2)24(35-25)16-7-4-5-8-19(16)27/h4-12,15,31,33H,30H2,1-3H3,(H2,29,32). The Balaban J connectivity index is 1.89. The zero-order valence-electron chi connectivity index (χ0n) is 19.4. The number of anilines is 1. The quantitative estimate of drug-likeness (QED) is 0.139. The van der Waals surface area contributed by atoms with E-state index in [0.29, 0.717) is 27.8 Å². The molecule has 4 rings (SSSR count). The van der Waals surface area contributed by atoms with E-state index in [1.807, 2.05) is 19.9 Å². The molecular formula is C26H25F2N5O2. The van der Waals surface area contributed by atoms with Gasteiger partial charge in [-0.25, -0.2) is 20.2 Å². The maximum absolute atomic E-state index is 14.6. The zero-order chi connectivity index (χ0) is 25.3. The van der Waals surface area contributed by atoms with Crippen molar-refractivity contribution in [1.29, 1.82) is 0 Å². The molecule has 7 nitrogen and oxygen atoms in total. The fraction of sp³-hybridized carbons (Fsp3) is 0.154. The molecule has 0 saturated carbocycles. The van der Waals surface area contributed by atoms with Gasteiger partial charge in [-0.1, -0.05) is 24.3 Å². The molecule has 0 aliphatic carbocycles. The molecule has 0 bridgehead atoms. The zero-order valence-corrected chi connectivity index (χ0v) is 19.4. The first-order valence-electron chi connectivity index (χ1n) is 10.9. The molecule has 1 unspecified atom stereocenters. The van der Waals surface area contributed by atoms with E-state index < -0.39 is 17.7 Å². The van der Waals surface area contributed by atoms with Crippen LogP contribution in [-0.2, 0) is 0 Å². The SMILES string of the molecule is Cc1cc(C(C)Nc2cccc(F)c2/C(N)=N/NN)c2oc(-c3ccccc3F)c(C)c(=O)c2c1. The Labute approximate surface area is 200 Å². The molecule has 0 radical (unpaired) electrons. The second-order valence-corrected chi connectivity index (χ2v) is 8.25. The molecule has 1 heterocycles. The van der Waals surface area contributed by atoms with Crippen LogP contribution in [0.1, 0.15) is 35.2 Å². The van der Waals surface area contributed by atoms with E-state index in [1.54, 1.807) is 37.3 Å². The third-order valence-electron chi connectivity index (χ3n) is 5.80. The fourth-order valence-corrected chi connectivity index (χ4v) is 4.13. The number of nitrogens with zero attached hydrogens (tertiary/aromatic N) is 1. The number of halogens is 2. The average molecular weight is 478 g/mol. The number of nitrogens with one attached hydrogen (secondary N) is 2. The summed E-state index contributed by atoms with van der Waals surface area (Å²) < 4.78 is 35.4. The van der Waals surface area contributed by atoms with E-state index in [-0.39, 0.29) is 28.2 Å². The van der Waals surface area contributed by atoms with Crippen LogP contribution in [0.2, 0.25) is 0 Å². The number of rotatable bonds is 6.